The summed E-state index contributed by atoms with van der Waals surface area (Å²) in [5, 5.41) is 15.1. The third kappa shape index (κ3) is 4.57. The fourth-order valence-corrected chi connectivity index (χ4v) is 1.06. The Hall–Kier alpha value is -1.40. The molecule has 0 aliphatic rings. The summed E-state index contributed by atoms with van der Waals surface area (Å²) in [5.41, 5.74) is 0.743. The summed E-state index contributed by atoms with van der Waals surface area (Å²) in [5.74, 6) is -0.157. The Bertz CT molecular complexity index is 311. The number of hydrogen-bond acceptors (Lipinski definition) is 5. The Labute approximate surface area is 87.2 Å². The van der Waals surface area contributed by atoms with Crippen molar-refractivity contribution in [1.29, 1.82) is 0 Å². The number of nitrogens with zero attached hydrogens (tertiary/aromatic N) is 1. The van der Waals surface area contributed by atoms with E-state index < -0.39 is 5.97 Å². The number of nitrogens with one attached hydrogen (secondary N) is 1. The fraction of sp³-hybridized carbons (Fsp3) is 0.556. The van der Waals surface area contributed by atoms with E-state index in [2.05, 4.69) is 10.5 Å². The van der Waals surface area contributed by atoms with E-state index in [1.807, 2.05) is 0 Å². The van der Waals surface area contributed by atoms with Crippen LogP contribution in [0.4, 0.5) is 0 Å². The summed E-state index contributed by atoms with van der Waals surface area (Å²) in [6, 6.07) is 1.78. The predicted molar refractivity (Wildman–Crippen MR) is 51.2 cm³/mol. The van der Waals surface area contributed by atoms with Crippen molar-refractivity contribution in [1.82, 2.24) is 10.5 Å². The second kappa shape index (κ2) is 6.15. The van der Waals surface area contributed by atoms with Gasteiger partial charge in [-0.05, 0) is 0 Å². The van der Waals surface area contributed by atoms with Crippen LogP contribution in [0.1, 0.15) is 17.9 Å². The van der Waals surface area contributed by atoms with Crippen molar-refractivity contribution in [3.05, 3.63) is 17.5 Å². The van der Waals surface area contributed by atoms with E-state index in [0.29, 0.717) is 25.5 Å². The zero-order valence-corrected chi connectivity index (χ0v) is 8.52. The molecule has 0 atom stereocenters. The number of aromatic nitrogens is 1. The Morgan fingerprint density at radius 1 is 1.73 bits per heavy atom. The van der Waals surface area contributed by atoms with Gasteiger partial charge in [0.25, 0.3) is 0 Å². The maximum Gasteiger partial charge on any atom is 0.304 e. The zero-order chi connectivity index (χ0) is 11.1. The normalized spacial score (nSPS) is 10.5. The van der Waals surface area contributed by atoms with Crippen molar-refractivity contribution >= 4 is 5.97 Å². The Balaban J connectivity index is 2.22. The molecule has 0 spiro atoms. The Morgan fingerprint density at radius 3 is 3.20 bits per heavy atom. The average Bonchev–Trinajstić information content (AvgIpc) is 2.61. The highest BCUT2D eigenvalue weighted by Crippen LogP contribution is 2.04. The van der Waals surface area contributed by atoms with Crippen molar-refractivity contribution < 1.29 is 19.2 Å². The highest BCUT2D eigenvalue weighted by molar-refractivity contribution is 5.66. The number of rotatable bonds is 7. The van der Waals surface area contributed by atoms with Gasteiger partial charge in [0.05, 0.1) is 12.1 Å². The number of ether oxygens (including phenoxy) is 1. The van der Waals surface area contributed by atoms with Gasteiger partial charge >= 0.3 is 5.97 Å². The van der Waals surface area contributed by atoms with Gasteiger partial charge in [0.1, 0.15) is 6.61 Å². The van der Waals surface area contributed by atoms with Crippen LogP contribution >= 0.6 is 0 Å². The van der Waals surface area contributed by atoms with Crippen LogP contribution in [0.3, 0.4) is 0 Å². The molecular weight excluding hydrogens is 200 g/mol. The monoisotopic (exact) mass is 214 g/mol. The lowest BCUT2D eigenvalue weighted by Crippen LogP contribution is -2.17. The molecule has 1 heterocycles. The largest absolute Gasteiger partial charge is 0.481 e. The predicted octanol–water partition coefficient (Wildman–Crippen LogP) is 0.385. The lowest BCUT2D eigenvalue weighted by molar-refractivity contribution is -0.136. The first-order valence-electron chi connectivity index (χ1n) is 4.58. The maximum absolute atomic E-state index is 10.2. The van der Waals surface area contributed by atoms with Crippen molar-refractivity contribution in [3.63, 3.8) is 0 Å². The number of methoxy groups -OCH3 is 1. The summed E-state index contributed by atoms with van der Waals surface area (Å²) in [6.45, 7) is 1.31. The van der Waals surface area contributed by atoms with Crippen LogP contribution in [0.2, 0.25) is 0 Å². The fourth-order valence-electron chi connectivity index (χ4n) is 1.06. The van der Waals surface area contributed by atoms with E-state index in [1.165, 1.54) is 0 Å². The highest BCUT2D eigenvalue weighted by atomic mass is 16.5. The number of carboxylic acid groups (broad SMARTS) is 1. The maximum atomic E-state index is 10.2. The van der Waals surface area contributed by atoms with Crippen molar-refractivity contribution in [2.45, 2.75) is 19.6 Å². The summed E-state index contributed by atoms with van der Waals surface area (Å²) in [6.07, 6.45) is 0.1000. The van der Waals surface area contributed by atoms with Gasteiger partial charge in [-0.25, -0.2) is 0 Å². The molecule has 0 saturated carbocycles. The quantitative estimate of drug-likeness (QED) is 0.638. The number of aliphatic carboxylic acids is 1. The summed E-state index contributed by atoms with van der Waals surface area (Å²) < 4.78 is 9.82. The lowest BCUT2D eigenvalue weighted by atomic mass is 10.3. The summed E-state index contributed by atoms with van der Waals surface area (Å²) in [7, 11) is 1.58. The van der Waals surface area contributed by atoms with Gasteiger partial charge in [-0.15, -0.1) is 0 Å². The third-order valence-electron chi connectivity index (χ3n) is 1.72. The third-order valence-corrected chi connectivity index (χ3v) is 1.72. The van der Waals surface area contributed by atoms with Crippen molar-refractivity contribution in [3.8, 4) is 0 Å². The van der Waals surface area contributed by atoms with Crippen molar-refractivity contribution in [2.24, 2.45) is 0 Å². The average molecular weight is 214 g/mol. The number of hydrogen-bond donors (Lipinski definition) is 2. The van der Waals surface area contributed by atoms with Crippen LogP contribution in [-0.4, -0.2) is 29.9 Å². The molecule has 0 saturated heterocycles. The first kappa shape index (κ1) is 11.7. The Kier molecular flexibility index (Phi) is 4.79. The van der Waals surface area contributed by atoms with Crippen LogP contribution in [0.15, 0.2) is 10.6 Å². The first-order valence-corrected chi connectivity index (χ1v) is 4.58. The van der Waals surface area contributed by atoms with Gasteiger partial charge in [0, 0.05) is 26.3 Å². The zero-order valence-electron chi connectivity index (χ0n) is 8.52. The van der Waals surface area contributed by atoms with Crippen LogP contribution in [0.25, 0.3) is 0 Å². The van der Waals surface area contributed by atoms with Gasteiger partial charge < -0.3 is 19.7 Å². The van der Waals surface area contributed by atoms with Gasteiger partial charge in [-0.2, -0.15) is 0 Å². The minimum Gasteiger partial charge on any atom is -0.481 e. The number of carboxylic acids is 1. The molecule has 6 nitrogen and oxygen atoms in total. The molecule has 0 aliphatic heterocycles. The lowest BCUT2D eigenvalue weighted by Gasteiger charge is -1.97. The van der Waals surface area contributed by atoms with Gasteiger partial charge in [0.2, 0.25) is 0 Å². The molecule has 0 fully saturated rings. The van der Waals surface area contributed by atoms with Crippen LogP contribution in [0, 0.1) is 0 Å². The molecule has 15 heavy (non-hydrogen) atoms. The smallest absolute Gasteiger partial charge is 0.304 e. The minimum absolute atomic E-state index is 0.1000. The molecule has 0 unspecified atom stereocenters. The molecule has 2 N–H and O–H groups in total. The van der Waals surface area contributed by atoms with E-state index in [0.717, 1.165) is 5.69 Å². The van der Waals surface area contributed by atoms with Crippen LogP contribution < -0.4 is 5.32 Å². The van der Waals surface area contributed by atoms with Gasteiger partial charge in [-0.3, -0.25) is 4.79 Å². The molecule has 0 aromatic carbocycles. The number of carbonyl (C=O) groups is 1. The molecule has 0 aliphatic carbocycles. The molecule has 1 aromatic rings. The van der Waals surface area contributed by atoms with E-state index in [-0.39, 0.29) is 6.42 Å². The van der Waals surface area contributed by atoms with Crippen LogP contribution in [-0.2, 0) is 22.7 Å². The molecule has 84 valence electrons. The van der Waals surface area contributed by atoms with Gasteiger partial charge in [-0.1, -0.05) is 5.16 Å². The molecule has 1 rings (SSSR count). The van der Waals surface area contributed by atoms with Crippen LogP contribution in [0.5, 0.6) is 0 Å². The summed E-state index contributed by atoms with van der Waals surface area (Å²) in [4.78, 5) is 10.2. The molecule has 1 aromatic heterocycles. The SMILES string of the molecule is COCc1cc(CNCCC(=O)O)no1. The highest BCUT2D eigenvalue weighted by Gasteiger charge is 2.03. The molecule has 0 bridgehead atoms. The second-order valence-electron chi connectivity index (χ2n) is 3.04. The van der Waals surface area contributed by atoms with E-state index in [4.69, 9.17) is 14.4 Å². The molecule has 0 amide bonds. The first-order chi connectivity index (χ1) is 7.22. The minimum atomic E-state index is -0.817. The summed E-state index contributed by atoms with van der Waals surface area (Å²) >= 11 is 0. The molecular formula is C9H14N2O4. The second-order valence-corrected chi connectivity index (χ2v) is 3.04. The van der Waals surface area contributed by atoms with E-state index in [9.17, 15) is 4.79 Å². The van der Waals surface area contributed by atoms with E-state index >= 15 is 0 Å². The topological polar surface area (TPSA) is 84.6 Å². The van der Waals surface area contributed by atoms with Crippen molar-refractivity contribution in [2.75, 3.05) is 13.7 Å². The molecule has 6 heteroatoms. The van der Waals surface area contributed by atoms with E-state index in [1.54, 1.807) is 13.2 Å². The molecule has 0 radical (unpaired) electrons. The Morgan fingerprint density at radius 2 is 2.53 bits per heavy atom. The standard InChI is InChI=1S/C9H14N2O4/c1-14-6-8-4-7(11-15-8)5-10-3-2-9(12)13/h4,10H,2-3,5-6H2,1H3,(H,12,13). The van der Waals surface area contributed by atoms with Gasteiger partial charge in [0.15, 0.2) is 5.76 Å².